The van der Waals surface area contributed by atoms with E-state index in [2.05, 4.69) is 18.9 Å². The van der Waals surface area contributed by atoms with Crippen LogP contribution in [0.15, 0.2) is 54.7 Å². The molecule has 6 nitrogen and oxygen atoms in total. The van der Waals surface area contributed by atoms with Crippen LogP contribution in [0.3, 0.4) is 0 Å². The van der Waals surface area contributed by atoms with E-state index in [-0.39, 0.29) is 28.4 Å². The molecular formula is C28H28FN3O3. The van der Waals surface area contributed by atoms with E-state index >= 15 is 4.39 Å². The SMILES string of the molecule is C[C@H]1C=C1c1c(C(=O)O)cnn1-c1cccc(-c2cccc(C(=O)N3CCCC(C)(C)C3)c2F)c1. The van der Waals surface area contributed by atoms with Crippen molar-refractivity contribution in [2.75, 3.05) is 13.1 Å². The summed E-state index contributed by atoms with van der Waals surface area (Å²) in [5.41, 5.74) is 3.21. The average Bonchev–Trinajstić information content (AvgIpc) is 3.37. The minimum absolute atomic E-state index is 0.0150. The molecule has 1 aliphatic carbocycles. The van der Waals surface area contributed by atoms with Gasteiger partial charge in [-0.15, -0.1) is 0 Å². The van der Waals surface area contributed by atoms with Gasteiger partial charge in [-0.05, 0) is 47.6 Å². The van der Waals surface area contributed by atoms with E-state index in [0.717, 1.165) is 18.4 Å². The van der Waals surface area contributed by atoms with Crippen LogP contribution in [0.25, 0.3) is 22.4 Å². The Morgan fingerprint density at radius 1 is 1.14 bits per heavy atom. The highest BCUT2D eigenvalue weighted by molar-refractivity contribution is 5.97. The monoisotopic (exact) mass is 473 g/mol. The maximum absolute atomic E-state index is 15.7. The lowest BCUT2D eigenvalue weighted by atomic mass is 9.84. The molecule has 2 aromatic carbocycles. The first-order valence-electron chi connectivity index (χ1n) is 11.9. The number of amides is 1. The zero-order chi connectivity index (χ0) is 24.9. The van der Waals surface area contributed by atoms with E-state index < -0.39 is 11.8 Å². The Morgan fingerprint density at radius 3 is 2.57 bits per heavy atom. The maximum Gasteiger partial charge on any atom is 0.339 e. The first-order valence-corrected chi connectivity index (χ1v) is 11.9. The van der Waals surface area contributed by atoms with Gasteiger partial charge in [0.05, 0.1) is 23.1 Å². The second-order valence-corrected chi connectivity index (χ2v) is 10.2. The Morgan fingerprint density at radius 2 is 1.89 bits per heavy atom. The largest absolute Gasteiger partial charge is 0.478 e. The fourth-order valence-corrected chi connectivity index (χ4v) is 4.99. The summed E-state index contributed by atoms with van der Waals surface area (Å²) in [4.78, 5) is 26.7. The third-order valence-corrected chi connectivity index (χ3v) is 6.90. The third kappa shape index (κ3) is 4.27. The molecule has 5 rings (SSSR count). The fraction of sp³-hybridized carbons (Fsp3) is 0.321. The molecule has 0 saturated carbocycles. The van der Waals surface area contributed by atoms with E-state index in [1.165, 1.54) is 6.20 Å². The number of aromatic nitrogens is 2. The number of carbonyl (C=O) groups excluding carboxylic acids is 1. The topological polar surface area (TPSA) is 75.4 Å². The van der Waals surface area contributed by atoms with Crippen molar-refractivity contribution in [1.82, 2.24) is 14.7 Å². The minimum atomic E-state index is -1.04. The number of hydrogen-bond acceptors (Lipinski definition) is 3. The molecule has 1 N–H and O–H groups in total. The molecule has 1 aliphatic heterocycles. The van der Waals surface area contributed by atoms with E-state index in [0.29, 0.717) is 35.6 Å². The Kier molecular flexibility index (Phi) is 5.58. The van der Waals surface area contributed by atoms with Gasteiger partial charge < -0.3 is 10.0 Å². The van der Waals surface area contributed by atoms with Crippen molar-refractivity contribution in [1.29, 1.82) is 0 Å². The zero-order valence-corrected chi connectivity index (χ0v) is 20.1. The second kappa shape index (κ2) is 8.48. The molecule has 1 aromatic heterocycles. The number of carboxylic acids is 1. The van der Waals surface area contributed by atoms with Crippen molar-refractivity contribution in [2.45, 2.75) is 33.6 Å². The summed E-state index contributed by atoms with van der Waals surface area (Å²) in [7, 11) is 0. The highest BCUT2D eigenvalue weighted by atomic mass is 19.1. The van der Waals surface area contributed by atoms with Crippen molar-refractivity contribution < 1.29 is 19.1 Å². The lowest BCUT2D eigenvalue weighted by molar-refractivity contribution is 0.0578. The Hall–Kier alpha value is -3.74. The number of allylic oxidation sites excluding steroid dienone is 2. The number of halogens is 1. The van der Waals surface area contributed by atoms with Gasteiger partial charge in [0.15, 0.2) is 0 Å². The van der Waals surface area contributed by atoms with Gasteiger partial charge in [-0.25, -0.2) is 13.9 Å². The molecule has 1 amide bonds. The van der Waals surface area contributed by atoms with Crippen molar-refractivity contribution in [2.24, 2.45) is 11.3 Å². The lowest BCUT2D eigenvalue weighted by Crippen LogP contribution is -2.43. The van der Waals surface area contributed by atoms with Crippen LogP contribution in [-0.2, 0) is 0 Å². The number of piperidine rings is 1. The number of carbonyl (C=O) groups is 2. The number of hydrogen-bond donors (Lipinski definition) is 1. The maximum atomic E-state index is 15.7. The molecule has 7 heteroatoms. The van der Waals surface area contributed by atoms with Crippen LogP contribution < -0.4 is 0 Å². The molecule has 0 unspecified atom stereocenters. The zero-order valence-electron chi connectivity index (χ0n) is 20.1. The smallest absolute Gasteiger partial charge is 0.339 e. The van der Waals surface area contributed by atoms with E-state index in [9.17, 15) is 14.7 Å². The van der Waals surface area contributed by atoms with Gasteiger partial charge >= 0.3 is 5.97 Å². The summed E-state index contributed by atoms with van der Waals surface area (Å²) in [5.74, 6) is -1.70. The highest BCUT2D eigenvalue weighted by Crippen LogP contribution is 2.40. The minimum Gasteiger partial charge on any atom is -0.478 e. The van der Waals surface area contributed by atoms with Crippen molar-refractivity contribution in [3.63, 3.8) is 0 Å². The molecule has 0 spiro atoms. The molecule has 180 valence electrons. The second-order valence-electron chi connectivity index (χ2n) is 10.2. The molecular weight excluding hydrogens is 445 g/mol. The fourth-order valence-electron chi connectivity index (χ4n) is 4.99. The molecule has 1 saturated heterocycles. The Balaban J connectivity index is 1.51. The third-order valence-electron chi connectivity index (χ3n) is 6.90. The summed E-state index contributed by atoms with van der Waals surface area (Å²) >= 11 is 0. The molecule has 0 bridgehead atoms. The lowest BCUT2D eigenvalue weighted by Gasteiger charge is -2.38. The van der Waals surface area contributed by atoms with Gasteiger partial charge in [-0.1, -0.05) is 51.1 Å². The van der Waals surface area contributed by atoms with Crippen LogP contribution in [0, 0.1) is 17.2 Å². The van der Waals surface area contributed by atoms with Crippen molar-refractivity contribution in [3.05, 3.63) is 77.4 Å². The van der Waals surface area contributed by atoms with Gasteiger partial charge in [0, 0.05) is 24.6 Å². The quantitative estimate of drug-likeness (QED) is 0.518. The summed E-state index contributed by atoms with van der Waals surface area (Å²) < 4.78 is 17.3. The molecule has 3 aromatic rings. The average molecular weight is 474 g/mol. The van der Waals surface area contributed by atoms with Gasteiger partial charge in [-0.2, -0.15) is 5.10 Å². The first-order chi connectivity index (χ1) is 16.7. The highest BCUT2D eigenvalue weighted by Gasteiger charge is 2.32. The number of rotatable bonds is 5. The molecule has 2 heterocycles. The van der Waals surface area contributed by atoms with Crippen LogP contribution in [0.4, 0.5) is 4.39 Å². The van der Waals surface area contributed by atoms with Gasteiger partial charge in [0.25, 0.3) is 5.91 Å². The number of likely N-dealkylation sites (tertiary alicyclic amines) is 1. The summed E-state index contributed by atoms with van der Waals surface area (Å²) in [6.07, 6.45) is 5.28. The first kappa shape index (κ1) is 23.0. The van der Waals surface area contributed by atoms with Gasteiger partial charge in [-0.3, -0.25) is 4.79 Å². The summed E-state index contributed by atoms with van der Waals surface area (Å²) in [5, 5.41) is 13.9. The Bertz CT molecular complexity index is 1370. The normalized spacial score (nSPS) is 18.8. The van der Waals surface area contributed by atoms with Crippen LogP contribution in [0.2, 0.25) is 0 Å². The summed E-state index contributed by atoms with van der Waals surface area (Å²) in [6, 6.07) is 12.0. The number of nitrogens with zero attached hydrogens (tertiary/aromatic N) is 3. The molecule has 35 heavy (non-hydrogen) atoms. The van der Waals surface area contributed by atoms with Crippen LogP contribution >= 0.6 is 0 Å². The number of aromatic carboxylic acids is 1. The van der Waals surface area contributed by atoms with Crippen LogP contribution in [0.5, 0.6) is 0 Å². The molecule has 0 radical (unpaired) electrons. The number of carboxylic acid groups (broad SMARTS) is 1. The van der Waals surface area contributed by atoms with E-state index in [1.807, 2.05) is 19.1 Å². The van der Waals surface area contributed by atoms with Gasteiger partial charge in [0.1, 0.15) is 11.4 Å². The number of benzene rings is 2. The predicted octanol–water partition coefficient (Wildman–Crippen LogP) is 5.67. The van der Waals surface area contributed by atoms with Crippen LogP contribution in [0.1, 0.15) is 60.0 Å². The van der Waals surface area contributed by atoms with Crippen molar-refractivity contribution >= 4 is 17.4 Å². The van der Waals surface area contributed by atoms with E-state index in [1.54, 1.807) is 46.0 Å². The molecule has 1 atom stereocenters. The van der Waals surface area contributed by atoms with E-state index in [4.69, 9.17) is 0 Å². The van der Waals surface area contributed by atoms with Gasteiger partial charge in [0.2, 0.25) is 0 Å². The molecule has 1 fully saturated rings. The predicted molar refractivity (Wildman–Crippen MR) is 132 cm³/mol. The standard InChI is InChI=1S/C28H28FN3O3/c1-17-13-22(17)25-23(27(34)35)15-30-32(25)19-8-4-7-18(14-19)20-9-5-10-21(24(20)29)26(33)31-12-6-11-28(2,3)16-31/h4-5,7-10,13-15,17H,6,11-12,16H2,1-3H3,(H,34,35)/t17-/m0/s1. The van der Waals surface area contributed by atoms with Crippen LogP contribution in [-0.4, -0.2) is 44.8 Å². The Labute approximate surface area is 203 Å². The summed E-state index contributed by atoms with van der Waals surface area (Å²) in [6.45, 7) is 7.48. The molecule has 2 aliphatic rings. The van der Waals surface area contributed by atoms with Crippen molar-refractivity contribution in [3.8, 4) is 16.8 Å².